The quantitative estimate of drug-likeness (QED) is 0.378. The number of amides is 1. The van der Waals surface area contributed by atoms with Crippen LogP contribution in [0.3, 0.4) is 0 Å². The summed E-state index contributed by atoms with van der Waals surface area (Å²) in [6.45, 7) is 1.82. The van der Waals surface area contributed by atoms with E-state index in [1.807, 2.05) is 48.5 Å². The van der Waals surface area contributed by atoms with Crippen LogP contribution >= 0.6 is 11.6 Å². The fourth-order valence-electron chi connectivity index (χ4n) is 3.14. The summed E-state index contributed by atoms with van der Waals surface area (Å²) >= 11 is 6.10. The Balaban J connectivity index is 0.000000509. The molecule has 10 heteroatoms. The third-order valence-electron chi connectivity index (χ3n) is 4.75. The van der Waals surface area contributed by atoms with Crippen molar-refractivity contribution in [1.82, 2.24) is 5.32 Å². The molecule has 0 spiro atoms. The average molecular weight is 499 g/mol. The summed E-state index contributed by atoms with van der Waals surface area (Å²) in [6.07, 6.45) is -0.0481. The molecule has 9 nitrogen and oxygen atoms in total. The molecule has 3 aromatic carbocycles. The minimum atomic E-state index is -1.82. The number of fused-ring (bicyclic) bond motifs is 1. The second-order valence-electron chi connectivity index (χ2n) is 7.37. The zero-order valence-electron chi connectivity index (χ0n) is 18.4. The van der Waals surface area contributed by atoms with Crippen molar-refractivity contribution in [2.75, 3.05) is 18.5 Å². The number of rotatable bonds is 6. The summed E-state index contributed by atoms with van der Waals surface area (Å²) in [5.74, 6) is -2.32. The molecule has 4 rings (SSSR count). The Morgan fingerprint density at radius 1 is 0.914 bits per heavy atom. The van der Waals surface area contributed by atoms with Gasteiger partial charge in [0.1, 0.15) is 12.7 Å². The van der Waals surface area contributed by atoms with E-state index in [0.717, 1.165) is 22.7 Å². The monoisotopic (exact) mass is 498 g/mol. The number of hydrogen-bond acceptors (Lipinski definition) is 6. The van der Waals surface area contributed by atoms with Gasteiger partial charge in [0.25, 0.3) is 5.91 Å². The number of halogens is 1. The number of aliphatic carboxylic acids is 2. The summed E-state index contributed by atoms with van der Waals surface area (Å²) in [5, 5.41) is 21.5. The van der Waals surface area contributed by atoms with Crippen LogP contribution in [-0.2, 0) is 16.1 Å². The molecule has 0 saturated carbocycles. The van der Waals surface area contributed by atoms with Gasteiger partial charge in [-0.25, -0.2) is 9.59 Å². The van der Waals surface area contributed by atoms with Crippen molar-refractivity contribution < 1.29 is 34.1 Å². The van der Waals surface area contributed by atoms with E-state index in [1.165, 1.54) is 0 Å². The Kier molecular flexibility index (Phi) is 9.05. The van der Waals surface area contributed by atoms with Crippen molar-refractivity contribution in [2.45, 2.75) is 12.6 Å². The van der Waals surface area contributed by atoms with Gasteiger partial charge in [-0.05, 0) is 42.0 Å². The van der Waals surface area contributed by atoms with Crippen molar-refractivity contribution in [2.24, 2.45) is 0 Å². The van der Waals surface area contributed by atoms with Crippen LogP contribution in [0.5, 0.6) is 11.5 Å². The lowest BCUT2D eigenvalue weighted by Gasteiger charge is -2.26. The molecule has 1 atom stereocenters. The molecule has 0 aliphatic carbocycles. The summed E-state index contributed by atoms with van der Waals surface area (Å²) in [7, 11) is 0. The number of benzene rings is 3. The van der Waals surface area contributed by atoms with Gasteiger partial charge in [-0.2, -0.15) is 0 Å². The van der Waals surface area contributed by atoms with E-state index < -0.39 is 11.9 Å². The number of carbonyl (C=O) groups excluding carboxylic acids is 1. The number of carboxylic acids is 2. The summed E-state index contributed by atoms with van der Waals surface area (Å²) < 4.78 is 11.7. The van der Waals surface area contributed by atoms with Crippen LogP contribution in [-0.4, -0.2) is 47.3 Å². The molecule has 1 aliphatic rings. The number of hydrogen-bond donors (Lipinski definition) is 4. The Morgan fingerprint density at radius 3 is 2.31 bits per heavy atom. The van der Waals surface area contributed by atoms with E-state index in [1.54, 1.807) is 24.3 Å². The maximum absolute atomic E-state index is 12.4. The third kappa shape index (κ3) is 7.73. The van der Waals surface area contributed by atoms with Gasteiger partial charge in [0.05, 0.1) is 10.6 Å². The van der Waals surface area contributed by atoms with Gasteiger partial charge in [-0.1, -0.05) is 48.0 Å². The molecule has 4 N–H and O–H groups in total. The fraction of sp³-hybridized carbons (Fsp3) is 0.160. The molecule has 0 fully saturated rings. The lowest BCUT2D eigenvalue weighted by molar-refractivity contribution is -0.159. The normalized spacial score (nSPS) is 13.7. The highest BCUT2D eigenvalue weighted by molar-refractivity contribution is 6.34. The highest BCUT2D eigenvalue weighted by Crippen LogP contribution is 2.30. The average Bonchev–Trinajstić information content (AvgIpc) is 2.85. The zero-order chi connectivity index (χ0) is 25.2. The first kappa shape index (κ1) is 25.5. The highest BCUT2D eigenvalue weighted by atomic mass is 35.5. The van der Waals surface area contributed by atoms with Gasteiger partial charge in [0.2, 0.25) is 0 Å². The Hall–Kier alpha value is -4.08. The summed E-state index contributed by atoms with van der Waals surface area (Å²) in [5.41, 5.74) is 2.23. The first-order valence-electron chi connectivity index (χ1n) is 10.5. The van der Waals surface area contributed by atoms with E-state index in [0.29, 0.717) is 30.3 Å². The molecular weight excluding hydrogens is 476 g/mol. The molecular formula is C25H23ClN2O7. The van der Waals surface area contributed by atoms with Crippen molar-refractivity contribution in [1.29, 1.82) is 0 Å². The van der Waals surface area contributed by atoms with Crippen LogP contribution in [0.25, 0.3) is 0 Å². The van der Waals surface area contributed by atoms with Crippen LogP contribution in [0.4, 0.5) is 5.69 Å². The van der Waals surface area contributed by atoms with Gasteiger partial charge in [-0.3, -0.25) is 4.79 Å². The van der Waals surface area contributed by atoms with E-state index in [9.17, 15) is 4.79 Å². The van der Waals surface area contributed by atoms with Crippen LogP contribution < -0.4 is 20.1 Å². The number of para-hydroxylation sites is 2. The van der Waals surface area contributed by atoms with Crippen molar-refractivity contribution in [3.63, 3.8) is 0 Å². The van der Waals surface area contributed by atoms with Gasteiger partial charge >= 0.3 is 11.9 Å². The summed E-state index contributed by atoms with van der Waals surface area (Å²) in [6, 6.07) is 22.4. The van der Waals surface area contributed by atoms with E-state index >= 15 is 0 Å². The smallest absolute Gasteiger partial charge is 0.414 e. The molecule has 1 unspecified atom stereocenters. The number of carbonyl (C=O) groups is 3. The number of carboxylic acid groups (broad SMARTS) is 2. The number of ether oxygens (including phenoxy) is 2. The second kappa shape index (κ2) is 12.4. The van der Waals surface area contributed by atoms with Crippen molar-refractivity contribution in [3.05, 3.63) is 88.9 Å². The minimum absolute atomic E-state index is 0.0481. The molecule has 0 radical (unpaired) electrons. The molecule has 0 saturated heterocycles. The predicted octanol–water partition coefficient (Wildman–Crippen LogP) is 3.68. The van der Waals surface area contributed by atoms with E-state index in [-0.39, 0.29) is 12.0 Å². The van der Waals surface area contributed by atoms with Gasteiger partial charge in [-0.15, -0.1) is 0 Å². The molecule has 35 heavy (non-hydrogen) atoms. The zero-order valence-corrected chi connectivity index (χ0v) is 19.2. The standard InChI is InChI=1S/C23H21ClN2O3.C2H2O4/c24-20-9-2-1-8-19(20)23(27)26-17-7-5-6-16(12-17)13-25-14-18-15-28-21-10-3-4-11-22(21)29-18;3-1(4)2(5)6/h1-12,18,25H,13-15H2,(H,26,27);(H,3,4)(H,5,6). The molecule has 0 aromatic heterocycles. The lowest BCUT2D eigenvalue weighted by atomic mass is 10.1. The van der Waals surface area contributed by atoms with E-state index in [4.69, 9.17) is 40.9 Å². The Morgan fingerprint density at radius 2 is 1.60 bits per heavy atom. The van der Waals surface area contributed by atoms with E-state index in [2.05, 4.69) is 10.6 Å². The third-order valence-corrected chi connectivity index (χ3v) is 5.08. The maximum atomic E-state index is 12.4. The molecule has 1 aliphatic heterocycles. The molecule has 182 valence electrons. The molecule has 0 bridgehead atoms. The molecule has 1 heterocycles. The second-order valence-corrected chi connectivity index (χ2v) is 7.78. The Bertz CT molecular complexity index is 1190. The van der Waals surface area contributed by atoms with Crippen molar-refractivity contribution in [3.8, 4) is 11.5 Å². The maximum Gasteiger partial charge on any atom is 0.414 e. The van der Waals surface area contributed by atoms with Crippen molar-refractivity contribution >= 4 is 35.1 Å². The minimum Gasteiger partial charge on any atom is -0.486 e. The SMILES string of the molecule is O=C(Nc1cccc(CNCC2COc3ccccc3O2)c1)c1ccccc1Cl.O=C(O)C(=O)O. The largest absolute Gasteiger partial charge is 0.486 e. The lowest BCUT2D eigenvalue weighted by Crippen LogP contribution is -2.38. The van der Waals surface area contributed by atoms with Crippen LogP contribution in [0.15, 0.2) is 72.8 Å². The van der Waals surface area contributed by atoms with Crippen LogP contribution in [0, 0.1) is 0 Å². The number of nitrogens with one attached hydrogen (secondary N) is 2. The first-order chi connectivity index (χ1) is 16.8. The van der Waals surface area contributed by atoms with Gasteiger partial charge in [0.15, 0.2) is 11.5 Å². The van der Waals surface area contributed by atoms with Gasteiger partial charge < -0.3 is 30.3 Å². The highest BCUT2D eigenvalue weighted by Gasteiger charge is 2.20. The van der Waals surface area contributed by atoms with Crippen LogP contribution in [0.1, 0.15) is 15.9 Å². The van der Waals surface area contributed by atoms with Crippen LogP contribution in [0.2, 0.25) is 5.02 Å². The first-order valence-corrected chi connectivity index (χ1v) is 10.9. The fourth-order valence-corrected chi connectivity index (χ4v) is 3.37. The molecule has 3 aromatic rings. The summed E-state index contributed by atoms with van der Waals surface area (Å²) in [4.78, 5) is 30.6. The topological polar surface area (TPSA) is 134 Å². The predicted molar refractivity (Wildman–Crippen MR) is 129 cm³/mol. The van der Waals surface area contributed by atoms with Gasteiger partial charge in [0, 0.05) is 18.8 Å². The molecule has 1 amide bonds. The Labute approximate surface area is 206 Å². The number of anilines is 1.